The largest absolute Gasteiger partial charge is 0.476 e. The van der Waals surface area contributed by atoms with Crippen LogP contribution in [0.15, 0.2) is 18.2 Å². The van der Waals surface area contributed by atoms with Crippen molar-refractivity contribution >= 4 is 11.5 Å². The number of hydrogen-bond acceptors (Lipinski definition) is 2. The Morgan fingerprint density at radius 2 is 2.12 bits per heavy atom. The molecule has 0 spiro atoms. The summed E-state index contributed by atoms with van der Waals surface area (Å²) in [6.45, 7) is 5.96. The summed E-state index contributed by atoms with van der Waals surface area (Å²) >= 11 is 0. The monoisotopic (exact) mass is 218 g/mol. The Balaban J connectivity index is 2.87. The molecule has 0 saturated carbocycles. The van der Waals surface area contributed by atoms with Gasteiger partial charge in [-0.15, -0.1) is 0 Å². The Labute approximate surface area is 93.5 Å². The molecular formula is C12H14N2O2. The summed E-state index contributed by atoms with van der Waals surface area (Å²) in [5.74, 6) is 0.0159. The van der Waals surface area contributed by atoms with Crippen molar-refractivity contribution in [3.05, 3.63) is 35.4 Å². The van der Waals surface area contributed by atoms with Gasteiger partial charge in [-0.3, -0.25) is 4.40 Å². The number of carboxylic acid groups (broad SMARTS) is 1. The predicted octanol–water partition coefficient (Wildman–Crippen LogP) is 2.46. The van der Waals surface area contributed by atoms with Crippen LogP contribution in [0.3, 0.4) is 0 Å². The molecule has 0 radical (unpaired) electrons. The Kier molecular flexibility index (Phi) is 2.42. The van der Waals surface area contributed by atoms with Gasteiger partial charge in [-0.2, -0.15) is 0 Å². The van der Waals surface area contributed by atoms with E-state index in [-0.39, 0.29) is 11.6 Å². The number of carbonyl (C=O) groups is 1. The zero-order valence-electron chi connectivity index (χ0n) is 9.56. The molecule has 0 saturated heterocycles. The molecule has 2 rings (SSSR count). The van der Waals surface area contributed by atoms with Gasteiger partial charge in [0.25, 0.3) is 0 Å². The molecule has 0 amide bonds. The first-order valence-electron chi connectivity index (χ1n) is 5.23. The highest BCUT2D eigenvalue weighted by Gasteiger charge is 2.18. The van der Waals surface area contributed by atoms with E-state index in [1.807, 2.05) is 37.3 Å². The van der Waals surface area contributed by atoms with Crippen molar-refractivity contribution in [2.45, 2.75) is 26.7 Å². The molecule has 1 N–H and O–H groups in total. The molecule has 0 aliphatic rings. The number of imidazole rings is 1. The predicted molar refractivity (Wildman–Crippen MR) is 61.0 cm³/mol. The fraction of sp³-hybridized carbons (Fsp3) is 0.333. The molecule has 0 aliphatic carbocycles. The van der Waals surface area contributed by atoms with Crippen LogP contribution in [0.1, 0.15) is 41.8 Å². The number of hydrogen-bond donors (Lipinski definition) is 1. The summed E-state index contributed by atoms with van der Waals surface area (Å²) in [5, 5.41) is 9.09. The standard InChI is InChI=1S/C12H14N2O2/c1-7(2)11-13-10(12(15)16)9-6-4-5-8(3)14(9)11/h4-7H,1-3H3,(H,15,16). The van der Waals surface area contributed by atoms with E-state index in [1.165, 1.54) is 0 Å². The van der Waals surface area contributed by atoms with Crippen LogP contribution in [0.4, 0.5) is 0 Å². The molecule has 4 heteroatoms. The first-order chi connectivity index (χ1) is 7.52. The number of aryl methyl sites for hydroxylation is 1. The minimum absolute atomic E-state index is 0.132. The molecule has 0 unspecified atom stereocenters. The minimum atomic E-state index is -0.977. The van der Waals surface area contributed by atoms with E-state index in [1.54, 1.807) is 6.07 Å². The van der Waals surface area contributed by atoms with Crippen molar-refractivity contribution in [2.75, 3.05) is 0 Å². The zero-order valence-corrected chi connectivity index (χ0v) is 9.56. The number of pyridine rings is 1. The molecule has 16 heavy (non-hydrogen) atoms. The summed E-state index contributed by atoms with van der Waals surface area (Å²) in [5.41, 5.74) is 1.80. The smallest absolute Gasteiger partial charge is 0.356 e. The van der Waals surface area contributed by atoms with E-state index in [2.05, 4.69) is 4.98 Å². The third kappa shape index (κ3) is 1.46. The van der Waals surface area contributed by atoms with E-state index in [0.29, 0.717) is 5.52 Å². The molecule has 2 aromatic rings. The van der Waals surface area contributed by atoms with Gasteiger partial charge in [0.2, 0.25) is 0 Å². The van der Waals surface area contributed by atoms with Crippen molar-refractivity contribution in [3.63, 3.8) is 0 Å². The number of aromatic carboxylic acids is 1. The average molecular weight is 218 g/mol. The van der Waals surface area contributed by atoms with Gasteiger partial charge < -0.3 is 5.11 Å². The zero-order chi connectivity index (χ0) is 11.9. The first-order valence-corrected chi connectivity index (χ1v) is 5.23. The van der Waals surface area contributed by atoms with E-state index in [9.17, 15) is 4.79 Å². The maximum absolute atomic E-state index is 11.1. The molecule has 2 heterocycles. The second-order valence-corrected chi connectivity index (χ2v) is 4.17. The lowest BCUT2D eigenvalue weighted by Gasteiger charge is -2.06. The third-order valence-corrected chi connectivity index (χ3v) is 2.60. The van der Waals surface area contributed by atoms with Gasteiger partial charge in [0.15, 0.2) is 5.69 Å². The summed E-state index contributed by atoms with van der Waals surface area (Å²) < 4.78 is 1.91. The maximum Gasteiger partial charge on any atom is 0.356 e. The van der Waals surface area contributed by atoms with Gasteiger partial charge in [0.1, 0.15) is 5.82 Å². The highest BCUT2D eigenvalue weighted by Crippen LogP contribution is 2.21. The van der Waals surface area contributed by atoms with Crippen LogP contribution in [0.2, 0.25) is 0 Å². The summed E-state index contributed by atoms with van der Waals surface area (Å²) in [7, 11) is 0. The van der Waals surface area contributed by atoms with E-state index in [4.69, 9.17) is 5.11 Å². The van der Waals surface area contributed by atoms with Gasteiger partial charge in [0, 0.05) is 11.6 Å². The molecule has 2 aromatic heterocycles. The third-order valence-electron chi connectivity index (χ3n) is 2.60. The van der Waals surface area contributed by atoms with E-state index >= 15 is 0 Å². The second-order valence-electron chi connectivity index (χ2n) is 4.17. The molecule has 0 aliphatic heterocycles. The number of nitrogens with zero attached hydrogens (tertiary/aromatic N) is 2. The fourth-order valence-corrected chi connectivity index (χ4v) is 1.87. The van der Waals surface area contributed by atoms with Gasteiger partial charge in [0.05, 0.1) is 5.52 Å². The van der Waals surface area contributed by atoms with Crippen LogP contribution in [0, 0.1) is 6.92 Å². The lowest BCUT2D eigenvalue weighted by molar-refractivity contribution is 0.0693. The van der Waals surface area contributed by atoms with E-state index < -0.39 is 5.97 Å². The quantitative estimate of drug-likeness (QED) is 0.842. The molecular weight excluding hydrogens is 204 g/mol. The van der Waals surface area contributed by atoms with Gasteiger partial charge in [-0.05, 0) is 19.1 Å². The second kappa shape index (κ2) is 3.63. The minimum Gasteiger partial charge on any atom is -0.476 e. The summed E-state index contributed by atoms with van der Waals surface area (Å²) in [6, 6.07) is 5.59. The van der Waals surface area contributed by atoms with Crippen LogP contribution in [-0.2, 0) is 0 Å². The van der Waals surface area contributed by atoms with Gasteiger partial charge in [-0.1, -0.05) is 19.9 Å². The molecule has 84 valence electrons. The lowest BCUT2D eigenvalue weighted by Crippen LogP contribution is -1.99. The SMILES string of the molecule is Cc1cccc2c(C(=O)O)nc(C(C)C)n12. The molecule has 0 aromatic carbocycles. The topological polar surface area (TPSA) is 54.6 Å². The Bertz CT molecular complexity index is 555. The fourth-order valence-electron chi connectivity index (χ4n) is 1.87. The van der Waals surface area contributed by atoms with Crippen molar-refractivity contribution in [1.82, 2.24) is 9.38 Å². The Morgan fingerprint density at radius 1 is 1.44 bits per heavy atom. The average Bonchev–Trinajstić information content (AvgIpc) is 2.58. The number of aromatic nitrogens is 2. The van der Waals surface area contributed by atoms with Crippen LogP contribution in [0.5, 0.6) is 0 Å². The van der Waals surface area contributed by atoms with Crippen molar-refractivity contribution < 1.29 is 9.90 Å². The van der Waals surface area contributed by atoms with E-state index in [0.717, 1.165) is 11.5 Å². The Morgan fingerprint density at radius 3 is 2.69 bits per heavy atom. The van der Waals surface area contributed by atoms with Crippen molar-refractivity contribution in [1.29, 1.82) is 0 Å². The van der Waals surface area contributed by atoms with Crippen LogP contribution >= 0.6 is 0 Å². The molecule has 4 nitrogen and oxygen atoms in total. The van der Waals surface area contributed by atoms with Crippen molar-refractivity contribution in [3.8, 4) is 0 Å². The molecule has 0 atom stereocenters. The highest BCUT2D eigenvalue weighted by molar-refractivity contribution is 5.93. The lowest BCUT2D eigenvalue weighted by atomic mass is 10.2. The van der Waals surface area contributed by atoms with Crippen molar-refractivity contribution in [2.24, 2.45) is 0 Å². The first kappa shape index (κ1) is 10.7. The number of fused-ring (bicyclic) bond motifs is 1. The Hall–Kier alpha value is -1.84. The summed E-state index contributed by atoms with van der Waals surface area (Å²) in [4.78, 5) is 15.3. The normalized spacial score (nSPS) is 11.2. The van der Waals surface area contributed by atoms with Gasteiger partial charge >= 0.3 is 5.97 Å². The maximum atomic E-state index is 11.1. The molecule has 0 bridgehead atoms. The van der Waals surface area contributed by atoms with Gasteiger partial charge in [-0.25, -0.2) is 9.78 Å². The van der Waals surface area contributed by atoms with Crippen LogP contribution < -0.4 is 0 Å². The van der Waals surface area contributed by atoms with Crippen LogP contribution in [-0.4, -0.2) is 20.5 Å². The molecule has 0 fully saturated rings. The number of carboxylic acids is 1. The highest BCUT2D eigenvalue weighted by atomic mass is 16.4. The van der Waals surface area contributed by atoms with Crippen LogP contribution in [0.25, 0.3) is 5.52 Å². The summed E-state index contributed by atoms with van der Waals surface area (Å²) in [6.07, 6.45) is 0. The number of rotatable bonds is 2.